The Balaban J connectivity index is 0.000000845. The standard InChI is InChI=1S/C11H14N.Y/c1-9(2)12-8-7-10-5-3-4-6-11(10)12;/h4-6,9H,7-8H2,1-2H3;/q-1;. The van der Waals surface area contributed by atoms with Crippen LogP contribution in [0.1, 0.15) is 19.4 Å². The smallest absolute Gasteiger partial charge is 0.0211 e. The number of benzene rings is 1. The summed E-state index contributed by atoms with van der Waals surface area (Å²) in [5.41, 5.74) is 2.86. The predicted octanol–water partition coefficient (Wildman–Crippen LogP) is 2.26. The third kappa shape index (κ3) is 2.14. The van der Waals surface area contributed by atoms with Gasteiger partial charge < -0.3 is 4.90 Å². The van der Waals surface area contributed by atoms with Crippen LogP contribution in [0.15, 0.2) is 18.2 Å². The quantitative estimate of drug-likeness (QED) is 0.690. The summed E-state index contributed by atoms with van der Waals surface area (Å²) in [4.78, 5) is 2.45. The zero-order chi connectivity index (χ0) is 8.55. The van der Waals surface area contributed by atoms with E-state index in [1.54, 1.807) is 0 Å². The molecule has 1 aliphatic heterocycles. The maximum atomic E-state index is 3.13. The van der Waals surface area contributed by atoms with Gasteiger partial charge in [0.1, 0.15) is 0 Å². The Morgan fingerprint density at radius 3 is 2.92 bits per heavy atom. The molecular formula is C11H14NY-. The van der Waals surface area contributed by atoms with E-state index in [0.717, 1.165) is 0 Å². The average Bonchev–Trinajstić information content (AvgIpc) is 2.47. The molecule has 13 heavy (non-hydrogen) atoms. The number of fused-ring (bicyclic) bond motifs is 1. The molecule has 1 aromatic rings. The van der Waals surface area contributed by atoms with Crippen molar-refractivity contribution in [3.8, 4) is 0 Å². The maximum Gasteiger partial charge on any atom is 0.0211 e. The van der Waals surface area contributed by atoms with Gasteiger partial charge in [-0.1, -0.05) is 12.1 Å². The van der Waals surface area contributed by atoms with Crippen molar-refractivity contribution in [1.82, 2.24) is 0 Å². The summed E-state index contributed by atoms with van der Waals surface area (Å²) >= 11 is 0. The first-order chi connectivity index (χ1) is 5.79. The second-order valence-corrected chi connectivity index (χ2v) is 3.59. The van der Waals surface area contributed by atoms with E-state index in [1.165, 1.54) is 24.2 Å². The largest absolute Gasteiger partial charge is 0.391 e. The molecule has 0 fully saturated rings. The summed E-state index contributed by atoms with van der Waals surface area (Å²) in [6, 6.07) is 10.0. The van der Waals surface area contributed by atoms with Gasteiger partial charge >= 0.3 is 0 Å². The first-order valence-corrected chi connectivity index (χ1v) is 4.54. The Hall–Kier alpha value is 0.124. The van der Waals surface area contributed by atoms with Crippen molar-refractivity contribution in [2.24, 2.45) is 0 Å². The van der Waals surface area contributed by atoms with Gasteiger partial charge in [0.15, 0.2) is 0 Å². The zero-order valence-electron chi connectivity index (χ0n) is 8.25. The van der Waals surface area contributed by atoms with E-state index >= 15 is 0 Å². The van der Waals surface area contributed by atoms with Crippen molar-refractivity contribution < 1.29 is 32.7 Å². The number of anilines is 1. The maximum absolute atomic E-state index is 3.13. The van der Waals surface area contributed by atoms with Crippen LogP contribution in [0.2, 0.25) is 0 Å². The molecule has 1 radical (unpaired) electrons. The topological polar surface area (TPSA) is 3.24 Å². The van der Waals surface area contributed by atoms with Gasteiger partial charge in [-0.25, -0.2) is 0 Å². The Bertz CT molecular complexity index is 283. The van der Waals surface area contributed by atoms with Gasteiger partial charge in [-0.3, -0.25) is 0 Å². The number of hydrogen-bond acceptors (Lipinski definition) is 1. The molecule has 0 bridgehead atoms. The van der Waals surface area contributed by atoms with Crippen LogP contribution < -0.4 is 4.90 Å². The Morgan fingerprint density at radius 1 is 1.46 bits per heavy atom. The van der Waals surface area contributed by atoms with Gasteiger partial charge in [0.25, 0.3) is 0 Å². The first kappa shape index (κ1) is 11.2. The third-order valence-corrected chi connectivity index (χ3v) is 2.48. The zero-order valence-corrected chi connectivity index (χ0v) is 11.1. The van der Waals surface area contributed by atoms with Crippen molar-refractivity contribution in [1.29, 1.82) is 0 Å². The second-order valence-electron chi connectivity index (χ2n) is 3.59. The van der Waals surface area contributed by atoms with Gasteiger partial charge in [-0.2, -0.15) is 18.2 Å². The van der Waals surface area contributed by atoms with Gasteiger partial charge in [0.2, 0.25) is 0 Å². The van der Waals surface area contributed by atoms with Crippen LogP contribution in [0.3, 0.4) is 0 Å². The van der Waals surface area contributed by atoms with Crippen LogP contribution in [0, 0.1) is 6.07 Å². The van der Waals surface area contributed by atoms with Crippen LogP contribution in [-0.4, -0.2) is 12.6 Å². The van der Waals surface area contributed by atoms with Gasteiger partial charge in [0, 0.05) is 45.3 Å². The summed E-state index contributed by atoms with van der Waals surface area (Å²) in [7, 11) is 0. The van der Waals surface area contributed by atoms with E-state index in [0.29, 0.717) is 6.04 Å². The molecule has 67 valence electrons. The minimum absolute atomic E-state index is 0. The van der Waals surface area contributed by atoms with Crippen molar-refractivity contribution >= 4 is 5.69 Å². The normalized spacial score (nSPS) is 14.2. The number of rotatable bonds is 1. The fraction of sp³-hybridized carbons (Fsp3) is 0.455. The van der Waals surface area contributed by atoms with E-state index < -0.39 is 0 Å². The van der Waals surface area contributed by atoms with Crippen LogP contribution in [-0.2, 0) is 39.1 Å². The van der Waals surface area contributed by atoms with E-state index in [2.05, 4.69) is 36.9 Å². The molecule has 1 aromatic carbocycles. The average molecular weight is 249 g/mol. The van der Waals surface area contributed by atoms with Crippen molar-refractivity contribution in [3.05, 3.63) is 29.8 Å². The summed E-state index contributed by atoms with van der Waals surface area (Å²) < 4.78 is 0. The van der Waals surface area contributed by atoms with E-state index in [-0.39, 0.29) is 32.7 Å². The fourth-order valence-corrected chi connectivity index (χ4v) is 1.83. The molecule has 2 rings (SSSR count). The molecule has 0 aliphatic carbocycles. The summed E-state index contributed by atoms with van der Waals surface area (Å²) in [6.07, 6.45) is 1.19. The Morgan fingerprint density at radius 2 is 2.23 bits per heavy atom. The van der Waals surface area contributed by atoms with E-state index in [1.807, 2.05) is 6.07 Å². The summed E-state index contributed by atoms with van der Waals surface area (Å²) in [6.45, 7) is 5.66. The van der Waals surface area contributed by atoms with Gasteiger partial charge in [0.05, 0.1) is 0 Å². The first-order valence-electron chi connectivity index (χ1n) is 4.54. The minimum Gasteiger partial charge on any atom is -0.391 e. The van der Waals surface area contributed by atoms with Crippen LogP contribution in [0.4, 0.5) is 5.69 Å². The summed E-state index contributed by atoms with van der Waals surface area (Å²) in [5, 5.41) is 0. The Labute approximate surface area is 105 Å². The van der Waals surface area contributed by atoms with Gasteiger partial charge in [-0.05, 0) is 13.8 Å². The fourth-order valence-electron chi connectivity index (χ4n) is 1.83. The molecule has 0 aromatic heterocycles. The van der Waals surface area contributed by atoms with Crippen LogP contribution >= 0.6 is 0 Å². The van der Waals surface area contributed by atoms with Crippen LogP contribution in [0.25, 0.3) is 0 Å². The molecule has 2 heteroatoms. The molecule has 0 saturated heterocycles. The third-order valence-electron chi connectivity index (χ3n) is 2.48. The molecule has 1 aliphatic rings. The molecule has 0 unspecified atom stereocenters. The SMILES string of the molecule is CC(C)N1CCc2c[c-]ccc21.[Y]. The predicted molar refractivity (Wildman–Crippen MR) is 51.5 cm³/mol. The molecular weight excluding hydrogens is 235 g/mol. The van der Waals surface area contributed by atoms with Crippen molar-refractivity contribution in [3.63, 3.8) is 0 Å². The second kappa shape index (κ2) is 4.57. The monoisotopic (exact) mass is 249 g/mol. The van der Waals surface area contributed by atoms with E-state index in [4.69, 9.17) is 0 Å². The Kier molecular flexibility index (Phi) is 3.93. The van der Waals surface area contributed by atoms with Crippen LogP contribution in [0.5, 0.6) is 0 Å². The summed E-state index contributed by atoms with van der Waals surface area (Å²) in [5.74, 6) is 0. The molecule has 0 saturated carbocycles. The van der Waals surface area contributed by atoms with Gasteiger partial charge in [-0.15, -0.1) is 11.6 Å². The molecule has 0 spiro atoms. The number of nitrogens with zero attached hydrogens (tertiary/aromatic N) is 1. The van der Waals surface area contributed by atoms with E-state index in [9.17, 15) is 0 Å². The number of hydrogen-bond donors (Lipinski definition) is 0. The molecule has 0 amide bonds. The van der Waals surface area contributed by atoms with Crippen molar-refractivity contribution in [2.45, 2.75) is 26.3 Å². The van der Waals surface area contributed by atoms with Crippen molar-refractivity contribution in [2.75, 3.05) is 11.4 Å². The molecule has 0 N–H and O–H groups in total. The molecule has 1 nitrogen and oxygen atoms in total. The molecule has 1 heterocycles. The minimum atomic E-state index is 0. The molecule has 0 atom stereocenters.